The van der Waals surface area contributed by atoms with Gasteiger partial charge in [-0.15, -0.1) is 0 Å². The quantitative estimate of drug-likeness (QED) is 0.735. The van der Waals surface area contributed by atoms with E-state index in [-0.39, 0.29) is 13.2 Å². The van der Waals surface area contributed by atoms with E-state index in [1.165, 1.54) is 0 Å². The summed E-state index contributed by atoms with van der Waals surface area (Å²) in [5, 5.41) is 2.58. The van der Waals surface area contributed by atoms with Crippen molar-refractivity contribution in [3.8, 4) is 5.75 Å². The number of carbonyl (C=O) groups is 2. The van der Waals surface area contributed by atoms with E-state index in [1.807, 2.05) is 42.5 Å². The fourth-order valence-electron chi connectivity index (χ4n) is 2.34. The Bertz CT molecular complexity index is 700. The van der Waals surface area contributed by atoms with Crippen molar-refractivity contribution < 1.29 is 23.8 Å². The van der Waals surface area contributed by atoms with Crippen molar-refractivity contribution in [3.63, 3.8) is 0 Å². The molecule has 138 valence electrons. The third-order valence-electron chi connectivity index (χ3n) is 3.67. The largest absolute Gasteiger partial charge is 0.497 e. The Hall–Kier alpha value is -3.02. The molecule has 0 aliphatic heterocycles. The lowest BCUT2D eigenvalue weighted by Gasteiger charge is -2.17. The summed E-state index contributed by atoms with van der Waals surface area (Å²) in [6, 6.07) is 15.8. The molecule has 1 N–H and O–H groups in total. The Kier molecular flexibility index (Phi) is 7.49. The third kappa shape index (κ3) is 6.12. The van der Waals surface area contributed by atoms with E-state index in [0.717, 1.165) is 16.9 Å². The minimum atomic E-state index is -0.827. The number of hydrogen-bond acceptors (Lipinski definition) is 5. The van der Waals surface area contributed by atoms with Crippen molar-refractivity contribution >= 4 is 12.1 Å². The van der Waals surface area contributed by atoms with E-state index in [0.29, 0.717) is 6.42 Å². The zero-order chi connectivity index (χ0) is 18.8. The van der Waals surface area contributed by atoms with Crippen molar-refractivity contribution in [1.82, 2.24) is 5.32 Å². The Labute approximate surface area is 153 Å². The molecule has 0 fully saturated rings. The molecule has 6 nitrogen and oxygen atoms in total. The maximum Gasteiger partial charge on any atom is 0.408 e. The predicted octanol–water partition coefficient (Wildman–Crippen LogP) is 3.10. The van der Waals surface area contributed by atoms with Gasteiger partial charge in [0, 0.05) is 6.42 Å². The first-order chi connectivity index (χ1) is 12.6. The highest BCUT2D eigenvalue weighted by atomic mass is 16.6. The van der Waals surface area contributed by atoms with Crippen LogP contribution in [-0.2, 0) is 27.3 Å². The Morgan fingerprint density at radius 3 is 2.27 bits per heavy atom. The Morgan fingerprint density at radius 2 is 1.65 bits per heavy atom. The number of rotatable bonds is 8. The maximum absolute atomic E-state index is 12.2. The van der Waals surface area contributed by atoms with E-state index in [1.54, 1.807) is 26.2 Å². The molecule has 0 aromatic heterocycles. The van der Waals surface area contributed by atoms with Gasteiger partial charge in [0.05, 0.1) is 13.7 Å². The summed E-state index contributed by atoms with van der Waals surface area (Å²) in [5.41, 5.74) is 1.73. The number of carbonyl (C=O) groups excluding carboxylic acids is 2. The van der Waals surface area contributed by atoms with Crippen LogP contribution in [0.5, 0.6) is 5.75 Å². The number of hydrogen-bond donors (Lipinski definition) is 1. The topological polar surface area (TPSA) is 73.9 Å². The van der Waals surface area contributed by atoms with Gasteiger partial charge in [0.2, 0.25) is 0 Å². The van der Waals surface area contributed by atoms with E-state index in [9.17, 15) is 9.59 Å². The highest BCUT2D eigenvalue weighted by Crippen LogP contribution is 2.13. The molecule has 0 aliphatic rings. The summed E-state index contributed by atoms with van der Waals surface area (Å²) in [5.74, 6) is 0.219. The molecular formula is C20H23NO5. The van der Waals surface area contributed by atoms with E-state index in [2.05, 4.69) is 5.32 Å². The van der Waals surface area contributed by atoms with Gasteiger partial charge in [-0.3, -0.25) is 0 Å². The lowest BCUT2D eigenvalue weighted by molar-refractivity contribution is -0.145. The minimum Gasteiger partial charge on any atom is -0.497 e. The average Bonchev–Trinajstić information content (AvgIpc) is 2.67. The van der Waals surface area contributed by atoms with Crippen LogP contribution in [0.2, 0.25) is 0 Å². The van der Waals surface area contributed by atoms with Gasteiger partial charge >= 0.3 is 12.1 Å². The molecule has 2 aromatic carbocycles. The second kappa shape index (κ2) is 10.1. The van der Waals surface area contributed by atoms with Gasteiger partial charge in [0.15, 0.2) is 0 Å². The molecule has 0 saturated carbocycles. The highest BCUT2D eigenvalue weighted by molar-refractivity contribution is 5.81. The van der Waals surface area contributed by atoms with E-state index >= 15 is 0 Å². The smallest absolute Gasteiger partial charge is 0.408 e. The van der Waals surface area contributed by atoms with Crippen LogP contribution < -0.4 is 10.1 Å². The first-order valence-electron chi connectivity index (χ1n) is 8.39. The molecule has 0 radical (unpaired) electrons. The number of methoxy groups -OCH3 is 1. The standard InChI is InChI=1S/C20H23NO5/c1-3-25-19(22)18(13-15-9-11-17(24-2)12-10-15)21-20(23)26-14-16-7-5-4-6-8-16/h4-12,18H,3,13-14H2,1-2H3,(H,21,23)/t18-/m1/s1. The van der Waals surface area contributed by atoms with Crippen LogP contribution in [0.3, 0.4) is 0 Å². The molecular weight excluding hydrogens is 334 g/mol. The molecule has 2 aromatic rings. The number of nitrogens with one attached hydrogen (secondary N) is 1. The van der Waals surface area contributed by atoms with Gasteiger partial charge in [-0.25, -0.2) is 9.59 Å². The SMILES string of the molecule is CCOC(=O)[C@@H](Cc1ccc(OC)cc1)NC(=O)OCc1ccccc1. The molecule has 0 spiro atoms. The van der Waals surface area contributed by atoms with Crippen LogP contribution in [0, 0.1) is 0 Å². The molecule has 0 heterocycles. The molecule has 1 atom stereocenters. The summed E-state index contributed by atoms with van der Waals surface area (Å²) < 4.78 is 15.4. The molecule has 1 amide bonds. The molecule has 0 saturated heterocycles. The van der Waals surface area contributed by atoms with Crippen molar-refractivity contribution in [3.05, 3.63) is 65.7 Å². The zero-order valence-corrected chi connectivity index (χ0v) is 14.9. The van der Waals surface area contributed by atoms with Crippen LogP contribution in [0.4, 0.5) is 4.79 Å². The predicted molar refractivity (Wildman–Crippen MR) is 96.9 cm³/mol. The van der Waals surface area contributed by atoms with Gasteiger partial charge in [0.25, 0.3) is 0 Å². The number of amides is 1. The van der Waals surface area contributed by atoms with Crippen LogP contribution in [0.25, 0.3) is 0 Å². The average molecular weight is 357 g/mol. The monoisotopic (exact) mass is 357 g/mol. The summed E-state index contributed by atoms with van der Waals surface area (Å²) in [6.45, 7) is 2.08. The van der Waals surface area contributed by atoms with Gasteiger partial charge in [-0.1, -0.05) is 42.5 Å². The van der Waals surface area contributed by atoms with Gasteiger partial charge < -0.3 is 19.5 Å². The molecule has 2 rings (SSSR count). The fraction of sp³-hybridized carbons (Fsp3) is 0.300. The van der Waals surface area contributed by atoms with Crippen molar-refractivity contribution in [2.75, 3.05) is 13.7 Å². The van der Waals surface area contributed by atoms with E-state index in [4.69, 9.17) is 14.2 Å². The molecule has 0 bridgehead atoms. The summed E-state index contributed by atoms with van der Waals surface area (Å²) in [4.78, 5) is 24.2. The molecule has 6 heteroatoms. The zero-order valence-electron chi connectivity index (χ0n) is 14.9. The Morgan fingerprint density at radius 1 is 0.962 bits per heavy atom. The first kappa shape index (κ1) is 19.3. The summed E-state index contributed by atoms with van der Waals surface area (Å²) in [7, 11) is 1.58. The fourth-order valence-corrected chi connectivity index (χ4v) is 2.34. The van der Waals surface area contributed by atoms with Crippen LogP contribution in [0.15, 0.2) is 54.6 Å². The van der Waals surface area contributed by atoms with Crippen LogP contribution in [-0.4, -0.2) is 31.8 Å². The molecule has 0 aliphatic carbocycles. The normalized spacial score (nSPS) is 11.3. The minimum absolute atomic E-state index is 0.130. The van der Waals surface area contributed by atoms with Crippen molar-refractivity contribution in [2.45, 2.75) is 26.0 Å². The van der Waals surface area contributed by atoms with Crippen LogP contribution in [0.1, 0.15) is 18.1 Å². The van der Waals surface area contributed by atoms with Gasteiger partial charge in [0.1, 0.15) is 18.4 Å². The highest BCUT2D eigenvalue weighted by Gasteiger charge is 2.23. The van der Waals surface area contributed by atoms with E-state index < -0.39 is 18.1 Å². The second-order valence-electron chi connectivity index (χ2n) is 5.56. The number of ether oxygens (including phenoxy) is 3. The number of benzene rings is 2. The lowest BCUT2D eigenvalue weighted by Crippen LogP contribution is -2.43. The van der Waals surface area contributed by atoms with Gasteiger partial charge in [-0.2, -0.15) is 0 Å². The summed E-state index contributed by atoms with van der Waals surface area (Å²) in [6.07, 6.45) is -0.371. The number of esters is 1. The second-order valence-corrected chi connectivity index (χ2v) is 5.56. The van der Waals surface area contributed by atoms with Crippen molar-refractivity contribution in [2.24, 2.45) is 0 Å². The van der Waals surface area contributed by atoms with Crippen molar-refractivity contribution in [1.29, 1.82) is 0 Å². The number of alkyl carbamates (subject to hydrolysis) is 1. The first-order valence-corrected chi connectivity index (χ1v) is 8.39. The third-order valence-corrected chi connectivity index (χ3v) is 3.67. The Balaban J connectivity index is 1.96. The summed E-state index contributed by atoms with van der Waals surface area (Å²) >= 11 is 0. The van der Waals surface area contributed by atoms with Gasteiger partial charge in [-0.05, 0) is 30.2 Å². The molecule has 0 unspecified atom stereocenters. The lowest BCUT2D eigenvalue weighted by atomic mass is 10.1. The molecule has 26 heavy (non-hydrogen) atoms. The van der Waals surface area contributed by atoms with Crippen LogP contribution >= 0.6 is 0 Å². The maximum atomic E-state index is 12.2.